The number of hydrogen-bond donors (Lipinski definition) is 1. The monoisotopic (exact) mass is 299 g/mol. The summed E-state index contributed by atoms with van der Waals surface area (Å²) >= 11 is 5.00. The van der Waals surface area contributed by atoms with Crippen LogP contribution < -0.4 is 10.6 Å². The molecule has 3 rings (SSSR count). The molecule has 0 aliphatic rings. The molecule has 106 valence electrons. The molecule has 0 spiro atoms. The third-order valence-corrected chi connectivity index (χ3v) is 3.35. The zero-order chi connectivity index (χ0) is 14.8. The topological polar surface area (TPSA) is 85.2 Å². The summed E-state index contributed by atoms with van der Waals surface area (Å²) in [5, 5.41) is 11.5. The molecule has 3 aromatic rings. The first-order valence-electron chi connectivity index (χ1n) is 6.27. The lowest BCUT2D eigenvalue weighted by atomic mass is 10.1. The van der Waals surface area contributed by atoms with E-state index in [9.17, 15) is 0 Å². The van der Waals surface area contributed by atoms with E-state index in [0.717, 1.165) is 16.9 Å². The Bertz CT molecular complexity index is 798. The average Bonchev–Trinajstić information content (AvgIpc) is 2.95. The summed E-state index contributed by atoms with van der Waals surface area (Å²) in [6, 6.07) is 7.83. The van der Waals surface area contributed by atoms with Crippen LogP contribution in [0.3, 0.4) is 0 Å². The van der Waals surface area contributed by atoms with E-state index in [1.807, 2.05) is 36.2 Å². The van der Waals surface area contributed by atoms with Crippen LogP contribution in [-0.2, 0) is 6.54 Å². The molecule has 8 heteroatoms. The lowest BCUT2D eigenvalue weighted by molar-refractivity contribution is 0.782. The molecule has 0 unspecified atom stereocenters. The molecule has 2 heterocycles. The van der Waals surface area contributed by atoms with Crippen molar-refractivity contribution in [2.45, 2.75) is 6.54 Å². The van der Waals surface area contributed by atoms with Gasteiger partial charge in [-0.3, -0.25) is 4.98 Å². The predicted molar refractivity (Wildman–Crippen MR) is 83.0 cm³/mol. The third kappa shape index (κ3) is 2.65. The molecule has 21 heavy (non-hydrogen) atoms. The predicted octanol–water partition coefficient (Wildman–Crippen LogP) is 0.790. The van der Waals surface area contributed by atoms with Gasteiger partial charge >= 0.3 is 0 Å². The Morgan fingerprint density at radius 1 is 1.38 bits per heavy atom. The molecule has 0 amide bonds. The fourth-order valence-corrected chi connectivity index (χ4v) is 2.23. The molecular formula is C13H13N7S. The smallest absolute Gasteiger partial charge is 0.199 e. The van der Waals surface area contributed by atoms with Crippen LogP contribution in [0, 0.1) is 0 Å². The molecular weight excluding hydrogens is 286 g/mol. The van der Waals surface area contributed by atoms with Gasteiger partial charge in [0.1, 0.15) is 4.99 Å². The zero-order valence-corrected chi connectivity index (χ0v) is 12.2. The standard InChI is InChI=1S/C13H13N7S/c1-19(8-9-3-2-4-10(5-9)13(14)21)12-7-15-6-11-16-17-18-20(11)12/h2-7H,8H2,1H3,(H2,14,21). The van der Waals surface area contributed by atoms with Crippen LogP contribution >= 0.6 is 12.2 Å². The van der Waals surface area contributed by atoms with Crippen molar-refractivity contribution in [3.63, 3.8) is 0 Å². The van der Waals surface area contributed by atoms with Crippen LogP contribution in [0.2, 0.25) is 0 Å². The van der Waals surface area contributed by atoms with E-state index >= 15 is 0 Å². The van der Waals surface area contributed by atoms with Crippen LogP contribution in [0.25, 0.3) is 5.65 Å². The van der Waals surface area contributed by atoms with E-state index in [-0.39, 0.29) is 0 Å². The highest BCUT2D eigenvalue weighted by Gasteiger charge is 2.10. The lowest BCUT2D eigenvalue weighted by Crippen LogP contribution is -2.20. The number of aromatic nitrogens is 5. The van der Waals surface area contributed by atoms with Crippen LogP contribution in [-0.4, -0.2) is 37.1 Å². The summed E-state index contributed by atoms with van der Waals surface area (Å²) < 4.78 is 1.64. The Labute approximate surface area is 126 Å². The van der Waals surface area contributed by atoms with Crippen LogP contribution in [0.15, 0.2) is 36.7 Å². The second kappa shape index (κ2) is 5.41. The average molecular weight is 299 g/mol. The highest BCUT2D eigenvalue weighted by Crippen LogP contribution is 2.15. The summed E-state index contributed by atoms with van der Waals surface area (Å²) in [4.78, 5) is 6.55. The van der Waals surface area contributed by atoms with Crippen molar-refractivity contribution in [1.82, 2.24) is 25.0 Å². The molecule has 2 aromatic heterocycles. The Balaban J connectivity index is 1.89. The molecule has 0 fully saturated rings. The molecule has 0 radical (unpaired) electrons. The van der Waals surface area contributed by atoms with Crippen molar-refractivity contribution in [1.29, 1.82) is 0 Å². The molecule has 2 N–H and O–H groups in total. The molecule has 0 saturated heterocycles. The van der Waals surface area contributed by atoms with Crippen molar-refractivity contribution in [2.75, 3.05) is 11.9 Å². The van der Waals surface area contributed by atoms with Crippen molar-refractivity contribution < 1.29 is 0 Å². The number of thiocarbonyl (C=S) groups is 1. The first-order valence-corrected chi connectivity index (χ1v) is 6.68. The lowest BCUT2D eigenvalue weighted by Gasteiger charge is -2.19. The van der Waals surface area contributed by atoms with E-state index in [2.05, 4.69) is 20.5 Å². The molecule has 1 aromatic carbocycles. The number of fused-ring (bicyclic) bond motifs is 1. The molecule has 0 aliphatic heterocycles. The third-order valence-electron chi connectivity index (χ3n) is 3.11. The first kappa shape index (κ1) is 13.4. The quantitative estimate of drug-likeness (QED) is 0.713. The van der Waals surface area contributed by atoms with Gasteiger partial charge in [0.2, 0.25) is 0 Å². The van der Waals surface area contributed by atoms with E-state index in [1.54, 1.807) is 16.9 Å². The maximum atomic E-state index is 5.66. The molecule has 7 nitrogen and oxygen atoms in total. The van der Waals surface area contributed by atoms with Crippen LogP contribution in [0.1, 0.15) is 11.1 Å². The second-order valence-corrected chi connectivity index (χ2v) is 5.07. The number of anilines is 1. The zero-order valence-electron chi connectivity index (χ0n) is 11.3. The van der Waals surface area contributed by atoms with Crippen LogP contribution in [0.4, 0.5) is 5.82 Å². The van der Waals surface area contributed by atoms with Crippen molar-refractivity contribution in [2.24, 2.45) is 5.73 Å². The maximum absolute atomic E-state index is 5.66. The SMILES string of the molecule is CN(Cc1cccc(C(N)=S)c1)c1cncc2nnnn12. The van der Waals surface area contributed by atoms with E-state index in [4.69, 9.17) is 18.0 Å². The van der Waals surface area contributed by atoms with Gasteiger partial charge in [-0.15, -0.1) is 5.10 Å². The number of hydrogen-bond acceptors (Lipinski definition) is 6. The van der Waals surface area contributed by atoms with Crippen molar-refractivity contribution in [3.05, 3.63) is 47.8 Å². The van der Waals surface area contributed by atoms with Gasteiger partial charge < -0.3 is 10.6 Å². The second-order valence-electron chi connectivity index (χ2n) is 4.64. The maximum Gasteiger partial charge on any atom is 0.199 e. The summed E-state index contributed by atoms with van der Waals surface area (Å²) in [5.74, 6) is 0.804. The van der Waals surface area contributed by atoms with Crippen molar-refractivity contribution >= 4 is 28.7 Å². The normalized spacial score (nSPS) is 10.7. The van der Waals surface area contributed by atoms with Gasteiger partial charge in [0.25, 0.3) is 0 Å². The largest absolute Gasteiger partial charge is 0.389 e. The van der Waals surface area contributed by atoms with E-state index in [0.29, 0.717) is 17.2 Å². The fraction of sp³-hybridized carbons (Fsp3) is 0.154. The van der Waals surface area contributed by atoms with Gasteiger partial charge in [-0.2, -0.15) is 4.52 Å². The summed E-state index contributed by atoms with van der Waals surface area (Å²) in [5.41, 5.74) is 8.22. The Morgan fingerprint density at radius 2 is 2.24 bits per heavy atom. The number of nitrogens with two attached hydrogens (primary N) is 1. The molecule has 0 bridgehead atoms. The van der Waals surface area contributed by atoms with Gasteiger partial charge in [0.15, 0.2) is 11.5 Å². The van der Waals surface area contributed by atoms with Gasteiger partial charge in [-0.05, 0) is 22.1 Å². The Hall–Kier alpha value is -2.61. The molecule has 0 aliphatic carbocycles. The highest BCUT2D eigenvalue weighted by molar-refractivity contribution is 7.80. The number of benzene rings is 1. The van der Waals surface area contributed by atoms with Gasteiger partial charge in [-0.25, -0.2) is 0 Å². The minimum Gasteiger partial charge on any atom is -0.389 e. The number of nitrogens with zero attached hydrogens (tertiary/aromatic N) is 6. The fourth-order valence-electron chi connectivity index (χ4n) is 2.10. The Kier molecular flexibility index (Phi) is 3.44. The number of rotatable bonds is 4. The van der Waals surface area contributed by atoms with Gasteiger partial charge in [0, 0.05) is 19.2 Å². The first-order chi connectivity index (χ1) is 10.1. The van der Waals surface area contributed by atoms with Crippen molar-refractivity contribution in [3.8, 4) is 0 Å². The highest BCUT2D eigenvalue weighted by atomic mass is 32.1. The minimum atomic E-state index is 0.392. The molecule has 0 atom stereocenters. The molecule has 0 saturated carbocycles. The van der Waals surface area contributed by atoms with E-state index in [1.165, 1.54) is 0 Å². The Morgan fingerprint density at radius 3 is 3.05 bits per heavy atom. The number of tetrazole rings is 1. The summed E-state index contributed by atoms with van der Waals surface area (Å²) in [7, 11) is 1.95. The summed E-state index contributed by atoms with van der Waals surface area (Å²) in [6.07, 6.45) is 3.34. The van der Waals surface area contributed by atoms with E-state index < -0.39 is 0 Å². The minimum absolute atomic E-state index is 0.392. The van der Waals surface area contributed by atoms with Crippen LogP contribution in [0.5, 0.6) is 0 Å². The summed E-state index contributed by atoms with van der Waals surface area (Å²) in [6.45, 7) is 0.664. The van der Waals surface area contributed by atoms with Gasteiger partial charge in [0.05, 0.1) is 12.4 Å². The van der Waals surface area contributed by atoms with Gasteiger partial charge in [-0.1, -0.05) is 30.4 Å².